The second kappa shape index (κ2) is 6.82. The third kappa shape index (κ3) is 3.17. The Balaban J connectivity index is 2.71. The highest BCUT2D eigenvalue weighted by Crippen LogP contribution is 2.49. The molecule has 0 heterocycles. The molecular weight excluding hydrogens is 284 g/mol. The van der Waals surface area contributed by atoms with E-state index in [9.17, 15) is 10.2 Å². The summed E-state index contributed by atoms with van der Waals surface area (Å²) in [6.45, 7) is 9.61. The first-order valence-corrected chi connectivity index (χ1v) is 8.41. The third-order valence-corrected chi connectivity index (χ3v) is 5.13. The Bertz CT molecular complexity index is 716. The monoisotopic (exact) mass is 317 g/mol. The molecule has 23 heavy (non-hydrogen) atoms. The van der Waals surface area contributed by atoms with Gasteiger partial charge < -0.3 is 10.2 Å². The number of allylic oxidation sites excluding steroid dienone is 3. The molecule has 0 radical (unpaired) electrons. The number of rotatable bonds is 4. The fourth-order valence-corrected chi connectivity index (χ4v) is 3.77. The third-order valence-electron chi connectivity index (χ3n) is 5.13. The summed E-state index contributed by atoms with van der Waals surface area (Å²) >= 11 is 0. The van der Waals surface area contributed by atoms with Gasteiger partial charge >= 0.3 is 0 Å². The zero-order valence-corrected chi connectivity index (χ0v) is 14.7. The molecular formula is C21H30O2. The smallest absolute Gasteiger partial charge is 0.126 e. The predicted octanol–water partition coefficient (Wildman–Crippen LogP) is 5.68. The van der Waals surface area contributed by atoms with Crippen molar-refractivity contribution >= 4 is 0 Å². The Hall–Kier alpha value is -1.70. The molecule has 0 bridgehead atoms. The van der Waals surface area contributed by atoms with E-state index in [1.54, 1.807) is 6.08 Å². The second-order valence-electron chi connectivity index (χ2n) is 6.80. The Morgan fingerprint density at radius 2 is 1.91 bits per heavy atom. The van der Waals surface area contributed by atoms with Gasteiger partial charge in [0.2, 0.25) is 0 Å². The fraction of sp³-hybridized carbons (Fsp3) is 0.524. The molecule has 2 N–H and O–H groups in total. The van der Waals surface area contributed by atoms with Gasteiger partial charge in [-0.3, -0.25) is 0 Å². The number of aromatic hydroxyl groups is 2. The molecule has 0 amide bonds. The molecule has 0 saturated carbocycles. The SMILES string of the molecule is [2H]C([2H])([2H])C1=C[C@H](c2c(O)c(C)c(CCC)c(C)c2O)[C@@H](C(=C)C)CC1. The Morgan fingerprint density at radius 1 is 1.30 bits per heavy atom. The van der Waals surface area contributed by atoms with Crippen molar-refractivity contribution in [1.29, 1.82) is 0 Å². The first-order chi connectivity index (χ1) is 12.0. The van der Waals surface area contributed by atoms with Crippen LogP contribution in [-0.2, 0) is 6.42 Å². The van der Waals surface area contributed by atoms with Crippen molar-refractivity contribution in [3.63, 3.8) is 0 Å². The van der Waals surface area contributed by atoms with Crippen LogP contribution in [0.4, 0.5) is 0 Å². The van der Waals surface area contributed by atoms with Gasteiger partial charge in [0.25, 0.3) is 0 Å². The molecule has 2 rings (SSSR count). The van der Waals surface area contributed by atoms with Crippen LogP contribution in [0.1, 0.15) is 72.2 Å². The maximum atomic E-state index is 10.9. The topological polar surface area (TPSA) is 40.5 Å². The van der Waals surface area contributed by atoms with E-state index in [2.05, 4.69) is 13.5 Å². The highest BCUT2D eigenvalue weighted by Gasteiger charge is 2.32. The second-order valence-corrected chi connectivity index (χ2v) is 6.80. The van der Waals surface area contributed by atoms with Gasteiger partial charge in [-0.05, 0) is 69.5 Å². The molecule has 2 atom stereocenters. The minimum Gasteiger partial charge on any atom is -0.507 e. The van der Waals surface area contributed by atoms with Crippen LogP contribution in [0.3, 0.4) is 0 Å². The van der Waals surface area contributed by atoms with Gasteiger partial charge in [-0.15, -0.1) is 0 Å². The Morgan fingerprint density at radius 3 is 2.39 bits per heavy atom. The fourth-order valence-electron chi connectivity index (χ4n) is 3.77. The van der Waals surface area contributed by atoms with E-state index in [0.29, 0.717) is 24.0 Å². The van der Waals surface area contributed by atoms with Gasteiger partial charge in [-0.1, -0.05) is 37.1 Å². The lowest BCUT2D eigenvalue weighted by atomic mass is 9.72. The lowest BCUT2D eigenvalue weighted by Crippen LogP contribution is -2.18. The van der Waals surface area contributed by atoms with Gasteiger partial charge in [-0.25, -0.2) is 0 Å². The Labute approximate surface area is 144 Å². The lowest BCUT2D eigenvalue weighted by Gasteiger charge is -2.32. The van der Waals surface area contributed by atoms with Crippen LogP contribution in [-0.4, -0.2) is 10.2 Å². The van der Waals surface area contributed by atoms with Gasteiger partial charge in [0.15, 0.2) is 0 Å². The summed E-state index contributed by atoms with van der Waals surface area (Å²) in [6, 6.07) is 0. The van der Waals surface area contributed by atoms with E-state index in [4.69, 9.17) is 4.11 Å². The van der Waals surface area contributed by atoms with Gasteiger partial charge in [-0.2, -0.15) is 0 Å². The van der Waals surface area contributed by atoms with Crippen LogP contribution in [0, 0.1) is 19.8 Å². The molecule has 126 valence electrons. The normalized spacial score (nSPS) is 23.7. The molecule has 0 unspecified atom stereocenters. The maximum absolute atomic E-state index is 10.9. The number of hydrogen-bond donors (Lipinski definition) is 2. The number of phenols is 2. The van der Waals surface area contributed by atoms with E-state index in [0.717, 1.165) is 35.1 Å². The van der Waals surface area contributed by atoms with Crippen LogP contribution in [0.15, 0.2) is 23.8 Å². The highest BCUT2D eigenvalue weighted by molar-refractivity contribution is 5.60. The molecule has 0 spiro atoms. The molecule has 1 aromatic rings. The highest BCUT2D eigenvalue weighted by atomic mass is 16.3. The van der Waals surface area contributed by atoms with Crippen molar-refractivity contribution in [2.75, 3.05) is 0 Å². The summed E-state index contributed by atoms with van der Waals surface area (Å²) in [5, 5.41) is 21.8. The van der Waals surface area contributed by atoms with Crippen LogP contribution >= 0.6 is 0 Å². The summed E-state index contributed by atoms with van der Waals surface area (Å²) < 4.78 is 23.3. The summed E-state index contributed by atoms with van der Waals surface area (Å²) in [5.41, 5.74) is 4.27. The summed E-state index contributed by atoms with van der Waals surface area (Å²) in [5.74, 6) is -0.231. The predicted molar refractivity (Wildman–Crippen MR) is 97.3 cm³/mol. The van der Waals surface area contributed by atoms with E-state index in [1.165, 1.54) is 0 Å². The van der Waals surface area contributed by atoms with Crippen LogP contribution < -0.4 is 0 Å². The molecule has 0 saturated heterocycles. The van der Waals surface area contributed by atoms with Crippen molar-refractivity contribution < 1.29 is 14.3 Å². The maximum Gasteiger partial charge on any atom is 0.126 e. The van der Waals surface area contributed by atoms with Crippen molar-refractivity contribution in [1.82, 2.24) is 0 Å². The zero-order valence-electron chi connectivity index (χ0n) is 17.7. The van der Waals surface area contributed by atoms with E-state index >= 15 is 0 Å². The quantitative estimate of drug-likeness (QED) is 0.701. The largest absolute Gasteiger partial charge is 0.507 e. The van der Waals surface area contributed by atoms with Gasteiger partial charge in [0.1, 0.15) is 11.5 Å². The minimum absolute atomic E-state index is 0.00581. The molecule has 2 heteroatoms. The van der Waals surface area contributed by atoms with Crippen molar-refractivity contribution in [3.05, 3.63) is 46.1 Å². The molecule has 0 fully saturated rings. The molecule has 0 aliphatic heterocycles. The summed E-state index contributed by atoms with van der Waals surface area (Å²) in [4.78, 5) is 0. The van der Waals surface area contributed by atoms with E-state index in [1.807, 2.05) is 20.8 Å². The zero-order chi connectivity index (χ0) is 19.8. The van der Waals surface area contributed by atoms with Crippen molar-refractivity contribution in [2.24, 2.45) is 5.92 Å². The molecule has 2 nitrogen and oxygen atoms in total. The Kier molecular flexibility index (Phi) is 4.07. The number of benzene rings is 1. The molecule has 1 aliphatic rings. The minimum atomic E-state index is -2.16. The molecule has 1 aliphatic carbocycles. The van der Waals surface area contributed by atoms with Crippen LogP contribution in [0.25, 0.3) is 0 Å². The average molecular weight is 317 g/mol. The molecule has 1 aromatic carbocycles. The van der Waals surface area contributed by atoms with Gasteiger partial charge in [0.05, 0.1) is 0 Å². The number of hydrogen-bond acceptors (Lipinski definition) is 2. The van der Waals surface area contributed by atoms with Crippen LogP contribution in [0.2, 0.25) is 0 Å². The number of phenolic OH excluding ortho intramolecular Hbond substituents is 2. The summed E-state index contributed by atoms with van der Waals surface area (Å²) in [7, 11) is 0. The lowest BCUT2D eigenvalue weighted by molar-refractivity contribution is 0.401. The summed E-state index contributed by atoms with van der Waals surface area (Å²) in [6.07, 6.45) is 4.56. The standard InChI is InChI=1S/C21H30O2/c1-7-8-17-14(5)20(22)19(21(23)15(17)6)18-11-13(4)9-10-16(18)12(2)3/h11,16,18,22-23H,2,7-10H2,1,3-6H3/t16-,18+/m1/s1/i4D3. The first kappa shape index (κ1) is 13.7. The average Bonchev–Trinajstić information content (AvgIpc) is 2.56. The first-order valence-electron chi connectivity index (χ1n) is 9.91. The van der Waals surface area contributed by atoms with E-state index < -0.39 is 6.85 Å². The van der Waals surface area contributed by atoms with Crippen molar-refractivity contribution in [2.45, 2.75) is 66.1 Å². The van der Waals surface area contributed by atoms with E-state index in [-0.39, 0.29) is 23.3 Å². The van der Waals surface area contributed by atoms with Gasteiger partial charge in [0, 0.05) is 15.6 Å². The van der Waals surface area contributed by atoms with Crippen molar-refractivity contribution in [3.8, 4) is 11.5 Å². The molecule has 0 aromatic heterocycles. The van der Waals surface area contributed by atoms with Crippen LogP contribution in [0.5, 0.6) is 11.5 Å².